The first-order valence-electron chi connectivity index (χ1n) is 2.23. The van der Waals surface area contributed by atoms with Crippen LogP contribution in [0.1, 0.15) is 0 Å². The van der Waals surface area contributed by atoms with Gasteiger partial charge in [-0.15, -0.1) is 0 Å². The Morgan fingerprint density at radius 2 is 2.25 bits per heavy atom. The maximum atomic E-state index is 9.84. The predicted octanol–water partition coefficient (Wildman–Crippen LogP) is 0.157. The summed E-state index contributed by atoms with van der Waals surface area (Å²) in [6.07, 6.45) is 4.87. The van der Waals surface area contributed by atoms with Gasteiger partial charge in [-0.2, -0.15) is 0 Å². The van der Waals surface area contributed by atoms with Crippen LogP contribution in [-0.2, 0) is 4.79 Å². The second-order valence-electron chi connectivity index (χ2n) is 1.54. The second kappa shape index (κ2) is 1.68. The quantitative estimate of drug-likeness (QED) is 0.448. The first-order valence-corrected chi connectivity index (χ1v) is 2.23. The van der Waals surface area contributed by atoms with Crippen LogP contribution < -0.4 is 5.73 Å². The highest BCUT2D eigenvalue weighted by Gasteiger charge is 1.95. The fraction of sp³-hybridized carbons (Fsp3) is 0. The van der Waals surface area contributed by atoms with Crippen molar-refractivity contribution in [3.63, 3.8) is 0 Å². The topological polar surface area (TPSA) is 43.1 Å². The van der Waals surface area contributed by atoms with Gasteiger partial charge in [-0.3, -0.25) is 0 Å². The van der Waals surface area contributed by atoms with Crippen molar-refractivity contribution >= 4 is 5.94 Å². The first-order chi connectivity index (χ1) is 3.83. The molecule has 0 aromatic heterocycles. The van der Waals surface area contributed by atoms with Crippen molar-refractivity contribution < 1.29 is 4.79 Å². The average Bonchev–Trinajstić information content (AvgIpc) is 2.14. The van der Waals surface area contributed by atoms with Gasteiger partial charge in [0.2, 0.25) is 0 Å². The summed E-state index contributed by atoms with van der Waals surface area (Å²) in [5.41, 5.74) is 6.41. The van der Waals surface area contributed by atoms with E-state index >= 15 is 0 Å². The van der Waals surface area contributed by atoms with Crippen molar-refractivity contribution in [2.75, 3.05) is 0 Å². The molecule has 8 heavy (non-hydrogen) atoms. The molecule has 0 saturated heterocycles. The molecule has 2 N–H and O–H groups in total. The third kappa shape index (κ3) is 0.695. The molecule has 2 heteroatoms. The van der Waals surface area contributed by atoms with Gasteiger partial charge in [-0.05, 0) is 18.2 Å². The van der Waals surface area contributed by atoms with Crippen molar-refractivity contribution in [3.05, 3.63) is 29.5 Å². The molecule has 0 aromatic carbocycles. The Morgan fingerprint density at radius 3 is 2.50 bits per heavy atom. The molecule has 0 saturated carbocycles. The minimum Gasteiger partial charge on any atom is -0.399 e. The van der Waals surface area contributed by atoms with Crippen LogP contribution in [0.4, 0.5) is 0 Å². The molecule has 0 bridgehead atoms. The SMILES string of the molecule is NC1=CC(=C=O)C=C1. The largest absolute Gasteiger partial charge is 0.399 e. The van der Waals surface area contributed by atoms with Gasteiger partial charge < -0.3 is 5.73 Å². The average molecular weight is 107 g/mol. The maximum absolute atomic E-state index is 9.84. The summed E-state index contributed by atoms with van der Waals surface area (Å²) >= 11 is 0. The molecule has 0 amide bonds. The van der Waals surface area contributed by atoms with Crippen LogP contribution >= 0.6 is 0 Å². The Kier molecular flexibility index (Phi) is 1.03. The third-order valence-corrected chi connectivity index (χ3v) is 0.895. The van der Waals surface area contributed by atoms with Gasteiger partial charge in [0, 0.05) is 5.70 Å². The van der Waals surface area contributed by atoms with E-state index in [-0.39, 0.29) is 0 Å². The fourth-order valence-electron chi connectivity index (χ4n) is 0.525. The number of rotatable bonds is 0. The van der Waals surface area contributed by atoms with Crippen LogP contribution in [-0.4, -0.2) is 5.94 Å². The van der Waals surface area contributed by atoms with Gasteiger partial charge in [0.1, 0.15) is 5.94 Å². The van der Waals surface area contributed by atoms with E-state index in [0.29, 0.717) is 11.3 Å². The lowest BCUT2D eigenvalue weighted by Gasteiger charge is -1.76. The number of hydrogen-bond donors (Lipinski definition) is 1. The molecule has 1 aliphatic carbocycles. The van der Waals surface area contributed by atoms with Crippen molar-refractivity contribution in [1.29, 1.82) is 0 Å². The Balaban J connectivity index is 3.01. The molecule has 1 rings (SSSR count). The summed E-state index contributed by atoms with van der Waals surface area (Å²) in [6.45, 7) is 0. The molecular weight excluding hydrogens is 102 g/mol. The Hall–Kier alpha value is -1.27. The lowest BCUT2D eigenvalue weighted by atomic mass is 10.3. The predicted molar refractivity (Wildman–Crippen MR) is 30.6 cm³/mol. The summed E-state index contributed by atoms with van der Waals surface area (Å²) in [5.74, 6) is 1.72. The zero-order valence-corrected chi connectivity index (χ0v) is 4.22. The molecule has 0 aromatic rings. The Labute approximate surface area is 47.0 Å². The number of carbonyl (C=O) groups excluding carboxylic acids is 1. The summed E-state index contributed by atoms with van der Waals surface area (Å²) < 4.78 is 0. The molecule has 0 fully saturated rings. The summed E-state index contributed by atoms with van der Waals surface area (Å²) in [7, 11) is 0. The summed E-state index contributed by atoms with van der Waals surface area (Å²) in [6, 6.07) is 0. The molecular formula is C6H5NO. The van der Waals surface area contributed by atoms with Gasteiger partial charge in [0.05, 0.1) is 5.57 Å². The monoisotopic (exact) mass is 107 g/mol. The minimum absolute atomic E-state index is 0.516. The molecule has 0 radical (unpaired) electrons. The minimum atomic E-state index is 0.516. The molecule has 0 atom stereocenters. The van der Waals surface area contributed by atoms with E-state index in [1.165, 1.54) is 0 Å². The van der Waals surface area contributed by atoms with Crippen LogP contribution in [0.5, 0.6) is 0 Å². The smallest absolute Gasteiger partial charge is 0.132 e. The van der Waals surface area contributed by atoms with Crippen LogP contribution in [0, 0.1) is 0 Å². The highest BCUT2D eigenvalue weighted by atomic mass is 16.1. The zero-order valence-electron chi connectivity index (χ0n) is 4.22. The van der Waals surface area contributed by atoms with Crippen molar-refractivity contribution in [1.82, 2.24) is 0 Å². The van der Waals surface area contributed by atoms with Gasteiger partial charge in [-0.1, -0.05) is 0 Å². The van der Waals surface area contributed by atoms with E-state index in [4.69, 9.17) is 5.73 Å². The van der Waals surface area contributed by atoms with Crippen LogP contribution in [0.25, 0.3) is 0 Å². The normalized spacial score (nSPS) is 16.0. The molecule has 2 nitrogen and oxygen atoms in total. The van der Waals surface area contributed by atoms with Crippen molar-refractivity contribution in [3.8, 4) is 0 Å². The maximum Gasteiger partial charge on any atom is 0.132 e. The lowest BCUT2D eigenvalue weighted by Crippen LogP contribution is -1.87. The van der Waals surface area contributed by atoms with E-state index in [1.807, 2.05) is 0 Å². The molecule has 0 unspecified atom stereocenters. The number of nitrogens with two attached hydrogens (primary N) is 1. The van der Waals surface area contributed by atoms with E-state index in [2.05, 4.69) is 0 Å². The first kappa shape index (κ1) is 4.88. The summed E-state index contributed by atoms with van der Waals surface area (Å²) in [5, 5.41) is 0. The standard InChI is InChI=1S/C6H5NO/c7-6-2-1-5(3-6)4-8/h1-3H,7H2. The van der Waals surface area contributed by atoms with Gasteiger partial charge in [0.15, 0.2) is 0 Å². The molecule has 0 heterocycles. The molecule has 0 spiro atoms. The van der Waals surface area contributed by atoms with Crippen molar-refractivity contribution in [2.24, 2.45) is 5.73 Å². The van der Waals surface area contributed by atoms with Gasteiger partial charge in [0.25, 0.3) is 0 Å². The molecule has 0 aliphatic heterocycles. The molecule has 1 aliphatic rings. The van der Waals surface area contributed by atoms with Crippen LogP contribution in [0.2, 0.25) is 0 Å². The van der Waals surface area contributed by atoms with Crippen LogP contribution in [0.15, 0.2) is 29.5 Å². The van der Waals surface area contributed by atoms with Gasteiger partial charge in [-0.25, -0.2) is 4.79 Å². The van der Waals surface area contributed by atoms with Gasteiger partial charge >= 0.3 is 0 Å². The lowest BCUT2D eigenvalue weighted by molar-refractivity contribution is 0.568. The van der Waals surface area contributed by atoms with E-state index in [0.717, 1.165) is 0 Å². The number of hydrogen-bond acceptors (Lipinski definition) is 2. The second-order valence-corrected chi connectivity index (χ2v) is 1.54. The summed E-state index contributed by atoms with van der Waals surface area (Å²) in [4.78, 5) is 9.84. The van der Waals surface area contributed by atoms with E-state index < -0.39 is 0 Å². The van der Waals surface area contributed by atoms with E-state index in [1.54, 1.807) is 24.2 Å². The Bertz CT molecular complexity index is 207. The Morgan fingerprint density at radius 1 is 1.50 bits per heavy atom. The zero-order chi connectivity index (χ0) is 5.98. The fourth-order valence-corrected chi connectivity index (χ4v) is 0.525. The van der Waals surface area contributed by atoms with E-state index in [9.17, 15) is 4.79 Å². The van der Waals surface area contributed by atoms with Crippen LogP contribution in [0.3, 0.4) is 0 Å². The van der Waals surface area contributed by atoms with Crippen molar-refractivity contribution in [2.45, 2.75) is 0 Å². The highest BCUT2D eigenvalue weighted by Crippen LogP contribution is 2.06. The third-order valence-electron chi connectivity index (χ3n) is 0.895. The molecule has 40 valence electrons. The number of allylic oxidation sites excluding steroid dienone is 4. The highest BCUT2D eigenvalue weighted by molar-refractivity contribution is 5.66.